The van der Waals surface area contributed by atoms with Gasteiger partial charge in [-0.15, -0.1) is 0 Å². The summed E-state index contributed by atoms with van der Waals surface area (Å²) in [5.74, 6) is 0. The molecule has 0 saturated heterocycles. The Bertz CT molecular complexity index is 134. The molecule has 4 heteroatoms. The minimum absolute atomic E-state index is 0.818. The summed E-state index contributed by atoms with van der Waals surface area (Å²) in [6.07, 6.45) is 2.29. The topological polar surface area (TPSA) is 33.7 Å². The summed E-state index contributed by atoms with van der Waals surface area (Å²) in [6, 6.07) is 0. The number of nitrogens with one attached hydrogen (secondary N) is 1. The predicted octanol–water partition coefficient (Wildman–Crippen LogP) is 0.971. The van der Waals surface area contributed by atoms with Gasteiger partial charge in [0.1, 0.15) is 0 Å². The zero-order valence-corrected chi connectivity index (χ0v) is 11.1. The van der Waals surface area contributed by atoms with E-state index in [1.54, 1.807) is 7.11 Å². The number of methoxy groups -OCH3 is 1. The van der Waals surface area contributed by atoms with Crippen LogP contribution >= 0.6 is 0 Å². The summed E-state index contributed by atoms with van der Waals surface area (Å²) in [4.78, 5) is 2.30. The molecule has 0 aliphatic carbocycles. The van der Waals surface area contributed by atoms with Crippen molar-refractivity contribution in [3.8, 4) is 0 Å². The van der Waals surface area contributed by atoms with Crippen molar-refractivity contribution in [2.24, 2.45) is 0 Å². The van der Waals surface area contributed by atoms with E-state index >= 15 is 0 Å². The van der Waals surface area contributed by atoms with Gasteiger partial charge in [-0.05, 0) is 46.4 Å². The minimum Gasteiger partial charge on any atom is -0.383 e. The molecule has 0 spiro atoms. The highest BCUT2D eigenvalue weighted by Gasteiger charge is 1.96. The maximum atomic E-state index is 5.26. The molecular weight excluding hydrogens is 204 g/mol. The Hall–Kier alpha value is -0.160. The lowest BCUT2D eigenvalue weighted by Crippen LogP contribution is -2.27. The van der Waals surface area contributed by atoms with Gasteiger partial charge in [-0.2, -0.15) is 0 Å². The standard InChI is InChI=1S/C12H28N2O2/c1-4-16-11-6-8-13-7-5-9-14(2)10-12-15-3/h13H,4-12H2,1-3H3. The molecule has 0 heterocycles. The summed E-state index contributed by atoms with van der Waals surface area (Å²) in [6.45, 7) is 8.83. The lowest BCUT2D eigenvalue weighted by molar-refractivity contribution is 0.144. The highest BCUT2D eigenvalue weighted by molar-refractivity contribution is 4.54. The maximum absolute atomic E-state index is 5.26. The van der Waals surface area contributed by atoms with Crippen molar-refractivity contribution in [1.82, 2.24) is 10.2 Å². The van der Waals surface area contributed by atoms with Crippen LogP contribution in [0.4, 0.5) is 0 Å². The monoisotopic (exact) mass is 232 g/mol. The summed E-state index contributed by atoms with van der Waals surface area (Å²) < 4.78 is 10.3. The van der Waals surface area contributed by atoms with Crippen LogP contribution in [0.1, 0.15) is 19.8 Å². The van der Waals surface area contributed by atoms with Crippen molar-refractivity contribution in [3.05, 3.63) is 0 Å². The van der Waals surface area contributed by atoms with Crippen molar-refractivity contribution in [2.75, 3.05) is 60.2 Å². The Morgan fingerprint density at radius 2 is 1.81 bits per heavy atom. The number of likely N-dealkylation sites (N-methyl/N-ethyl adjacent to an activating group) is 1. The molecule has 98 valence electrons. The van der Waals surface area contributed by atoms with E-state index in [-0.39, 0.29) is 0 Å². The molecular formula is C12H28N2O2. The molecule has 0 aliphatic rings. The summed E-state index contributed by atoms with van der Waals surface area (Å²) in [5.41, 5.74) is 0. The van der Waals surface area contributed by atoms with Gasteiger partial charge in [-0.25, -0.2) is 0 Å². The average Bonchev–Trinajstić information content (AvgIpc) is 2.30. The lowest BCUT2D eigenvalue weighted by Gasteiger charge is -2.15. The van der Waals surface area contributed by atoms with Crippen molar-refractivity contribution in [3.63, 3.8) is 0 Å². The van der Waals surface area contributed by atoms with E-state index in [9.17, 15) is 0 Å². The minimum atomic E-state index is 0.818. The van der Waals surface area contributed by atoms with Gasteiger partial charge in [0.05, 0.1) is 6.61 Å². The highest BCUT2D eigenvalue weighted by atomic mass is 16.5. The van der Waals surface area contributed by atoms with Crippen molar-refractivity contribution in [2.45, 2.75) is 19.8 Å². The molecule has 0 atom stereocenters. The fourth-order valence-corrected chi connectivity index (χ4v) is 1.40. The molecule has 0 rings (SSSR count). The fourth-order valence-electron chi connectivity index (χ4n) is 1.40. The van der Waals surface area contributed by atoms with Gasteiger partial charge in [-0.3, -0.25) is 0 Å². The second-order valence-corrected chi connectivity index (χ2v) is 3.95. The van der Waals surface area contributed by atoms with E-state index in [4.69, 9.17) is 9.47 Å². The third kappa shape index (κ3) is 11.9. The highest BCUT2D eigenvalue weighted by Crippen LogP contribution is 1.87. The first-order valence-electron chi connectivity index (χ1n) is 6.27. The number of nitrogens with zero attached hydrogens (tertiary/aromatic N) is 1. The Labute approximate surface area is 100 Å². The smallest absolute Gasteiger partial charge is 0.0589 e. The van der Waals surface area contributed by atoms with Crippen molar-refractivity contribution < 1.29 is 9.47 Å². The predicted molar refractivity (Wildman–Crippen MR) is 68.0 cm³/mol. The molecule has 1 N–H and O–H groups in total. The molecule has 0 amide bonds. The zero-order chi connectivity index (χ0) is 12.1. The molecule has 0 aliphatic heterocycles. The van der Waals surface area contributed by atoms with Crippen LogP contribution in [0.2, 0.25) is 0 Å². The third-order valence-electron chi connectivity index (χ3n) is 2.42. The van der Waals surface area contributed by atoms with Crippen molar-refractivity contribution >= 4 is 0 Å². The quantitative estimate of drug-likeness (QED) is 0.508. The van der Waals surface area contributed by atoms with Gasteiger partial charge in [-0.1, -0.05) is 0 Å². The normalized spacial score (nSPS) is 11.2. The molecule has 0 aromatic heterocycles. The van der Waals surface area contributed by atoms with E-state index in [1.165, 1.54) is 6.42 Å². The van der Waals surface area contributed by atoms with E-state index in [2.05, 4.69) is 17.3 Å². The Morgan fingerprint density at radius 1 is 1.06 bits per heavy atom. The van der Waals surface area contributed by atoms with Gasteiger partial charge in [0.15, 0.2) is 0 Å². The van der Waals surface area contributed by atoms with Crippen LogP contribution in [-0.2, 0) is 9.47 Å². The molecule has 4 nitrogen and oxygen atoms in total. The Kier molecular flexibility index (Phi) is 12.8. The van der Waals surface area contributed by atoms with E-state index in [0.717, 1.165) is 52.4 Å². The molecule has 16 heavy (non-hydrogen) atoms. The van der Waals surface area contributed by atoms with Crippen LogP contribution in [0.25, 0.3) is 0 Å². The van der Waals surface area contributed by atoms with Crippen LogP contribution in [0, 0.1) is 0 Å². The first-order valence-corrected chi connectivity index (χ1v) is 6.27. The van der Waals surface area contributed by atoms with Gasteiger partial charge in [0, 0.05) is 26.9 Å². The molecule has 0 unspecified atom stereocenters. The Balaban J connectivity index is 3.02. The van der Waals surface area contributed by atoms with Crippen LogP contribution in [0.15, 0.2) is 0 Å². The van der Waals surface area contributed by atoms with E-state index in [0.29, 0.717) is 0 Å². The van der Waals surface area contributed by atoms with E-state index < -0.39 is 0 Å². The fraction of sp³-hybridized carbons (Fsp3) is 1.00. The van der Waals surface area contributed by atoms with Crippen LogP contribution in [0.3, 0.4) is 0 Å². The first-order chi connectivity index (χ1) is 7.81. The number of rotatable bonds is 12. The van der Waals surface area contributed by atoms with Gasteiger partial charge in [0.25, 0.3) is 0 Å². The Morgan fingerprint density at radius 3 is 2.50 bits per heavy atom. The average molecular weight is 232 g/mol. The summed E-state index contributed by atoms with van der Waals surface area (Å²) >= 11 is 0. The second kappa shape index (κ2) is 12.9. The maximum Gasteiger partial charge on any atom is 0.0589 e. The zero-order valence-electron chi connectivity index (χ0n) is 11.1. The molecule has 0 aromatic rings. The number of ether oxygens (including phenoxy) is 2. The van der Waals surface area contributed by atoms with Gasteiger partial charge in [0.2, 0.25) is 0 Å². The molecule has 0 saturated carbocycles. The molecule has 0 bridgehead atoms. The number of hydrogen-bond acceptors (Lipinski definition) is 4. The van der Waals surface area contributed by atoms with Crippen LogP contribution < -0.4 is 5.32 Å². The SMILES string of the molecule is CCOCCCNCCCN(C)CCOC. The summed E-state index contributed by atoms with van der Waals surface area (Å²) in [7, 11) is 3.88. The van der Waals surface area contributed by atoms with Gasteiger partial charge < -0.3 is 19.7 Å². The first kappa shape index (κ1) is 15.8. The van der Waals surface area contributed by atoms with Crippen LogP contribution in [0.5, 0.6) is 0 Å². The molecule has 0 aromatic carbocycles. The molecule has 0 radical (unpaired) electrons. The molecule has 0 fully saturated rings. The van der Waals surface area contributed by atoms with E-state index in [1.807, 2.05) is 6.92 Å². The van der Waals surface area contributed by atoms with Gasteiger partial charge >= 0.3 is 0 Å². The second-order valence-electron chi connectivity index (χ2n) is 3.95. The van der Waals surface area contributed by atoms with Crippen molar-refractivity contribution in [1.29, 1.82) is 0 Å². The lowest BCUT2D eigenvalue weighted by atomic mass is 10.3. The van der Waals surface area contributed by atoms with Crippen LogP contribution in [-0.4, -0.2) is 65.1 Å². The largest absolute Gasteiger partial charge is 0.383 e. The third-order valence-corrected chi connectivity index (χ3v) is 2.42. The number of hydrogen-bond donors (Lipinski definition) is 1. The summed E-state index contributed by atoms with van der Waals surface area (Å²) in [5, 5.41) is 3.42.